The number of rotatable bonds is 8. The SMILES string of the molecule is CCOC(=O)CCC(C)(C)C(C)(C)CNc1ccc(Br)cc1. The highest BCUT2D eigenvalue weighted by atomic mass is 79.9. The molecule has 1 aromatic rings. The number of carbonyl (C=O) groups excluding carboxylic acids is 1. The first kappa shape index (κ1) is 19.0. The standard InChI is InChI=1S/C18H28BrNO2/c1-6-22-16(21)11-12-17(2,3)18(4,5)13-20-15-9-7-14(19)8-10-15/h7-10,20H,6,11-13H2,1-5H3. The van der Waals surface area contributed by atoms with Crippen molar-refractivity contribution in [3.05, 3.63) is 28.7 Å². The molecule has 4 heteroatoms. The molecule has 3 nitrogen and oxygen atoms in total. The fourth-order valence-electron chi connectivity index (χ4n) is 2.12. The lowest BCUT2D eigenvalue weighted by molar-refractivity contribution is -0.144. The van der Waals surface area contributed by atoms with Gasteiger partial charge in [-0.25, -0.2) is 0 Å². The lowest BCUT2D eigenvalue weighted by Crippen LogP contribution is -2.38. The van der Waals surface area contributed by atoms with Crippen molar-refractivity contribution in [2.75, 3.05) is 18.5 Å². The molecule has 1 aromatic carbocycles. The number of halogens is 1. The average Bonchev–Trinajstić information content (AvgIpc) is 2.45. The largest absolute Gasteiger partial charge is 0.466 e. The van der Waals surface area contributed by atoms with E-state index in [1.165, 1.54) is 0 Å². The second kappa shape index (κ2) is 8.00. The Kier molecular flexibility index (Phi) is 6.92. The summed E-state index contributed by atoms with van der Waals surface area (Å²) in [4.78, 5) is 11.6. The van der Waals surface area contributed by atoms with E-state index in [0.717, 1.165) is 23.1 Å². The summed E-state index contributed by atoms with van der Waals surface area (Å²) in [6.07, 6.45) is 1.30. The van der Waals surface area contributed by atoms with Crippen LogP contribution >= 0.6 is 15.9 Å². The second-order valence-corrected chi connectivity index (χ2v) is 7.85. The third-order valence-corrected chi connectivity index (χ3v) is 5.20. The quantitative estimate of drug-likeness (QED) is 0.635. The molecule has 0 radical (unpaired) electrons. The molecule has 0 spiro atoms. The molecule has 0 aromatic heterocycles. The van der Waals surface area contributed by atoms with E-state index >= 15 is 0 Å². The first-order valence-electron chi connectivity index (χ1n) is 7.83. The monoisotopic (exact) mass is 369 g/mol. The Hall–Kier alpha value is -1.03. The predicted octanol–water partition coefficient (Wildman–Crippen LogP) is 5.26. The van der Waals surface area contributed by atoms with Gasteiger partial charge in [0.05, 0.1) is 6.61 Å². The van der Waals surface area contributed by atoms with Crippen LogP contribution < -0.4 is 5.32 Å². The Bertz CT molecular complexity index is 480. The summed E-state index contributed by atoms with van der Waals surface area (Å²) < 4.78 is 6.11. The van der Waals surface area contributed by atoms with Crippen molar-refractivity contribution in [2.24, 2.45) is 10.8 Å². The van der Waals surface area contributed by atoms with E-state index in [4.69, 9.17) is 4.74 Å². The minimum absolute atomic E-state index is 0.0299. The topological polar surface area (TPSA) is 38.3 Å². The van der Waals surface area contributed by atoms with Gasteiger partial charge in [0.2, 0.25) is 0 Å². The molecule has 0 aliphatic carbocycles. The van der Waals surface area contributed by atoms with Crippen LogP contribution in [-0.4, -0.2) is 19.1 Å². The molecule has 22 heavy (non-hydrogen) atoms. The zero-order valence-electron chi connectivity index (χ0n) is 14.3. The summed E-state index contributed by atoms with van der Waals surface area (Å²) in [7, 11) is 0. The molecule has 0 amide bonds. The van der Waals surface area contributed by atoms with Crippen molar-refractivity contribution in [1.82, 2.24) is 0 Å². The van der Waals surface area contributed by atoms with E-state index in [-0.39, 0.29) is 16.8 Å². The van der Waals surface area contributed by atoms with Gasteiger partial charge in [-0.2, -0.15) is 0 Å². The van der Waals surface area contributed by atoms with Gasteiger partial charge in [-0.3, -0.25) is 4.79 Å². The van der Waals surface area contributed by atoms with E-state index in [0.29, 0.717) is 13.0 Å². The smallest absolute Gasteiger partial charge is 0.305 e. The fourth-order valence-corrected chi connectivity index (χ4v) is 2.38. The second-order valence-electron chi connectivity index (χ2n) is 6.93. The van der Waals surface area contributed by atoms with Gasteiger partial charge in [-0.15, -0.1) is 0 Å². The minimum Gasteiger partial charge on any atom is -0.466 e. The van der Waals surface area contributed by atoms with Gasteiger partial charge in [-0.1, -0.05) is 43.6 Å². The first-order valence-corrected chi connectivity index (χ1v) is 8.62. The molecule has 1 rings (SSSR count). The average molecular weight is 370 g/mol. The minimum atomic E-state index is -0.104. The van der Waals surface area contributed by atoms with Crippen LogP contribution in [0.25, 0.3) is 0 Å². The predicted molar refractivity (Wildman–Crippen MR) is 96.1 cm³/mol. The number of benzene rings is 1. The van der Waals surface area contributed by atoms with Gasteiger partial charge < -0.3 is 10.1 Å². The van der Waals surface area contributed by atoms with Crippen molar-refractivity contribution in [1.29, 1.82) is 0 Å². The van der Waals surface area contributed by atoms with Crippen molar-refractivity contribution >= 4 is 27.6 Å². The van der Waals surface area contributed by atoms with Crippen LogP contribution in [0.4, 0.5) is 5.69 Å². The Labute approximate surface area is 143 Å². The molecule has 0 heterocycles. The van der Waals surface area contributed by atoms with E-state index in [1.54, 1.807) is 0 Å². The van der Waals surface area contributed by atoms with Crippen molar-refractivity contribution in [3.63, 3.8) is 0 Å². The summed E-state index contributed by atoms with van der Waals surface area (Å²) in [6.45, 7) is 12.1. The maximum atomic E-state index is 11.6. The molecule has 0 saturated heterocycles. The van der Waals surface area contributed by atoms with Crippen LogP contribution in [0, 0.1) is 10.8 Å². The summed E-state index contributed by atoms with van der Waals surface area (Å²) >= 11 is 3.44. The molecule has 0 bridgehead atoms. The third kappa shape index (κ3) is 5.64. The molecule has 124 valence electrons. The number of ether oxygens (including phenoxy) is 1. The number of hydrogen-bond donors (Lipinski definition) is 1. The highest BCUT2D eigenvalue weighted by molar-refractivity contribution is 9.10. The highest BCUT2D eigenvalue weighted by Crippen LogP contribution is 2.42. The molecule has 1 N–H and O–H groups in total. The van der Waals surface area contributed by atoms with Gasteiger partial charge in [-0.05, 0) is 48.4 Å². The van der Waals surface area contributed by atoms with Gasteiger partial charge in [0.15, 0.2) is 0 Å². The number of hydrogen-bond acceptors (Lipinski definition) is 3. The summed E-state index contributed by atoms with van der Waals surface area (Å²) in [5.74, 6) is -0.104. The number of nitrogens with one attached hydrogen (secondary N) is 1. The summed E-state index contributed by atoms with van der Waals surface area (Å²) in [5, 5.41) is 3.49. The van der Waals surface area contributed by atoms with Crippen LogP contribution in [0.3, 0.4) is 0 Å². The van der Waals surface area contributed by atoms with Crippen LogP contribution in [0.15, 0.2) is 28.7 Å². The zero-order chi connectivity index (χ0) is 16.8. The van der Waals surface area contributed by atoms with Gasteiger partial charge in [0.1, 0.15) is 0 Å². The number of carbonyl (C=O) groups is 1. The Morgan fingerprint density at radius 2 is 1.73 bits per heavy atom. The molecule has 0 saturated carbocycles. The molecular formula is C18H28BrNO2. The number of esters is 1. The van der Waals surface area contributed by atoms with Crippen LogP contribution in [0.2, 0.25) is 0 Å². The van der Waals surface area contributed by atoms with Gasteiger partial charge in [0.25, 0.3) is 0 Å². The zero-order valence-corrected chi connectivity index (χ0v) is 15.9. The van der Waals surface area contributed by atoms with E-state index < -0.39 is 0 Å². The number of anilines is 1. The molecular weight excluding hydrogens is 342 g/mol. The maximum absolute atomic E-state index is 11.6. The lowest BCUT2D eigenvalue weighted by Gasteiger charge is -2.42. The molecule has 0 aliphatic rings. The maximum Gasteiger partial charge on any atom is 0.305 e. The Morgan fingerprint density at radius 3 is 2.27 bits per heavy atom. The first-order chi connectivity index (χ1) is 10.2. The molecule has 0 fully saturated rings. The molecule has 0 unspecified atom stereocenters. The van der Waals surface area contributed by atoms with Crippen molar-refractivity contribution in [2.45, 2.75) is 47.5 Å². The summed E-state index contributed by atoms with van der Waals surface area (Å²) in [5.41, 5.74) is 1.19. The van der Waals surface area contributed by atoms with E-state index in [9.17, 15) is 4.79 Å². The van der Waals surface area contributed by atoms with E-state index in [2.05, 4.69) is 61.1 Å². The van der Waals surface area contributed by atoms with Gasteiger partial charge in [0, 0.05) is 23.1 Å². The lowest BCUT2D eigenvalue weighted by atomic mass is 9.65. The van der Waals surface area contributed by atoms with Crippen LogP contribution in [-0.2, 0) is 9.53 Å². The van der Waals surface area contributed by atoms with Crippen LogP contribution in [0.5, 0.6) is 0 Å². The molecule has 0 aliphatic heterocycles. The summed E-state index contributed by atoms with van der Waals surface area (Å²) in [6, 6.07) is 8.18. The van der Waals surface area contributed by atoms with E-state index in [1.807, 2.05) is 19.1 Å². The Morgan fingerprint density at radius 1 is 1.14 bits per heavy atom. The third-order valence-electron chi connectivity index (χ3n) is 4.67. The molecule has 0 atom stereocenters. The highest BCUT2D eigenvalue weighted by Gasteiger charge is 2.36. The van der Waals surface area contributed by atoms with Crippen molar-refractivity contribution in [3.8, 4) is 0 Å². The van der Waals surface area contributed by atoms with Crippen LogP contribution in [0.1, 0.15) is 47.5 Å². The fraction of sp³-hybridized carbons (Fsp3) is 0.611. The normalized spacial score (nSPS) is 12.1. The van der Waals surface area contributed by atoms with Crippen molar-refractivity contribution < 1.29 is 9.53 Å². The Balaban J connectivity index is 2.58. The van der Waals surface area contributed by atoms with Gasteiger partial charge >= 0.3 is 5.97 Å².